The van der Waals surface area contributed by atoms with E-state index in [1.54, 1.807) is 28.9 Å². The van der Waals surface area contributed by atoms with Crippen molar-refractivity contribution in [1.82, 2.24) is 35.1 Å². The molecule has 0 aliphatic heterocycles. The van der Waals surface area contributed by atoms with Crippen molar-refractivity contribution in [3.8, 4) is 5.69 Å². The molecule has 0 saturated carbocycles. The molecule has 11 heteroatoms. The molecular weight excluding hydrogens is 418 g/mol. The highest BCUT2D eigenvalue weighted by atomic mass is 32.2. The molecular formula is C20H21N7O3S. The number of tetrazole rings is 1. The molecule has 0 spiro atoms. The minimum atomic E-state index is -3.28. The van der Waals surface area contributed by atoms with E-state index in [-0.39, 0.29) is 10.5 Å². The maximum absolute atomic E-state index is 12.3. The Morgan fingerprint density at radius 1 is 1.06 bits per heavy atom. The number of benzene rings is 2. The quantitative estimate of drug-likeness (QED) is 0.457. The van der Waals surface area contributed by atoms with Crippen LogP contribution in [0.3, 0.4) is 0 Å². The largest absolute Gasteiger partial charge is 0.309 e. The highest BCUT2D eigenvalue weighted by Gasteiger charge is 2.15. The topological polar surface area (TPSA) is 127 Å². The van der Waals surface area contributed by atoms with Crippen LogP contribution in [0.1, 0.15) is 18.6 Å². The number of aromatic amines is 1. The smallest absolute Gasteiger partial charge is 0.258 e. The van der Waals surface area contributed by atoms with Crippen LogP contribution in [0.15, 0.2) is 58.2 Å². The summed E-state index contributed by atoms with van der Waals surface area (Å²) in [4.78, 5) is 22.0. The van der Waals surface area contributed by atoms with E-state index < -0.39 is 9.84 Å². The van der Waals surface area contributed by atoms with Gasteiger partial charge in [0.15, 0.2) is 15.7 Å². The van der Waals surface area contributed by atoms with E-state index in [1.807, 2.05) is 24.0 Å². The van der Waals surface area contributed by atoms with Crippen LogP contribution in [0.2, 0.25) is 0 Å². The molecule has 0 fully saturated rings. The maximum Gasteiger partial charge on any atom is 0.258 e. The van der Waals surface area contributed by atoms with Gasteiger partial charge in [0.1, 0.15) is 5.82 Å². The Morgan fingerprint density at radius 2 is 1.81 bits per heavy atom. The summed E-state index contributed by atoms with van der Waals surface area (Å²) < 4.78 is 24.9. The fourth-order valence-corrected chi connectivity index (χ4v) is 3.87. The molecule has 0 unspecified atom stereocenters. The molecule has 2 aromatic heterocycles. The van der Waals surface area contributed by atoms with Gasteiger partial charge in [0.05, 0.1) is 34.6 Å². The van der Waals surface area contributed by atoms with E-state index in [0.29, 0.717) is 47.9 Å². The molecule has 0 atom stereocenters. The van der Waals surface area contributed by atoms with Crippen molar-refractivity contribution in [2.24, 2.45) is 0 Å². The monoisotopic (exact) mass is 439 g/mol. The number of hydrogen-bond donors (Lipinski definition) is 1. The molecule has 1 N–H and O–H groups in total. The molecule has 0 radical (unpaired) electrons. The first kappa shape index (κ1) is 20.8. The van der Waals surface area contributed by atoms with Crippen molar-refractivity contribution in [2.75, 3.05) is 12.8 Å². The molecule has 31 heavy (non-hydrogen) atoms. The van der Waals surface area contributed by atoms with Crippen LogP contribution >= 0.6 is 0 Å². The first-order valence-corrected chi connectivity index (χ1v) is 11.5. The van der Waals surface area contributed by atoms with Gasteiger partial charge in [-0.1, -0.05) is 19.1 Å². The van der Waals surface area contributed by atoms with Crippen molar-refractivity contribution in [2.45, 2.75) is 24.9 Å². The van der Waals surface area contributed by atoms with E-state index in [4.69, 9.17) is 0 Å². The predicted molar refractivity (Wildman–Crippen MR) is 114 cm³/mol. The maximum atomic E-state index is 12.3. The van der Waals surface area contributed by atoms with Gasteiger partial charge in [-0.25, -0.2) is 13.4 Å². The van der Waals surface area contributed by atoms with Crippen LogP contribution in [-0.4, -0.2) is 56.3 Å². The lowest BCUT2D eigenvalue weighted by atomic mass is 10.2. The Balaban J connectivity index is 1.57. The molecule has 0 amide bonds. The highest BCUT2D eigenvalue weighted by molar-refractivity contribution is 7.90. The molecule has 4 rings (SSSR count). The third-order valence-electron chi connectivity index (χ3n) is 4.89. The van der Waals surface area contributed by atoms with Gasteiger partial charge >= 0.3 is 0 Å². The second-order valence-corrected chi connectivity index (χ2v) is 9.12. The zero-order valence-electron chi connectivity index (χ0n) is 17.1. The van der Waals surface area contributed by atoms with Crippen molar-refractivity contribution in [3.63, 3.8) is 0 Å². The molecule has 0 aliphatic rings. The molecule has 0 aliphatic carbocycles. The molecule has 2 heterocycles. The Hall–Kier alpha value is -3.44. The summed E-state index contributed by atoms with van der Waals surface area (Å²) in [5.41, 5.74) is 1.13. The van der Waals surface area contributed by atoms with E-state index >= 15 is 0 Å². The summed E-state index contributed by atoms with van der Waals surface area (Å²) in [6.45, 7) is 3.49. The second kappa shape index (κ2) is 8.36. The Labute approximate surface area is 178 Å². The summed E-state index contributed by atoms with van der Waals surface area (Å²) in [6.07, 6.45) is 1.16. The van der Waals surface area contributed by atoms with Crippen LogP contribution in [-0.2, 0) is 22.9 Å². The lowest BCUT2D eigenvalue weighted by Crippen LogP contribution is -2.27. The number of hydrogen-bond acceptors (Lipinski definition) is 8. The van der Waals surface area contributed by atoms with Crippen LogP contribution in [0, 0.1) is 0 Å². The number of aromatic nitrogens is 6. The van der Waals surface area contributed by atoms with Crippen LogP contribution < -0.4 is 5.56 Å². The van der Waals surface area contributed by atoms with E-state index in [0.717, 1.165) is 6.26 Å². The number of nitrogens with one attached hydrogen (secondary N) is 1. The standard InChI is InChI=1S/C20H21N7O3S/c1-3-26(12-18-21-17-7-5-4-6-16(17)20(28)22-18)13-19-23-24-25-27(19)14-8-10-15(11-9-14)31(2,29)30/h4-11H,3,12-13H2,1-2H3,(H,21,22,28). The fraction of sp³-hybridized carbons (Fsp3) is 0.250. The highest BCUT2D eigenvalue weighted by Crippen LogP contribution is 2.15. The lowest BCUT2D eigenvalue weighted by molar-refractivity contribution is 0.255. The number of nitrogens with zero attached hydrogens (tertiary/aromatic N) is 6. The number of H-pyrrole nitrogens is 1. The average molecular weight is 440 g/mol. The molecule has 0 saturated heterocycles. The molecule has 4 aromatic rings. The van der Waals surface area contributed by atoms with Gasteiger partial charge in [-0.15, -0.1) is 5.10 Å². The van der Waals surface area contributed by atoms with Gasteiger partial charge in [0, 0.05) is 6.26 Å². The van der Waals surface area contributed by atoms with Gasteiger partial charge in [0.2, 0.25) is 0 Å². The molecule has 10 nitrogen and oxygen atoms in total. The lowest BCUT2D eigenvalue weighted by Gasteiger charge is -2.19. The minimum Gasteiger partial charge on any atom is -0.309 e. The fourth-order valence-electron chi connectivity index (χ4n) is 3.24. The molecule has 2 aromatic carbocycles. The second-order valence-electron chi connectivity index (χ2n) is 7.11. The van der Waals surface area contributed by atoms with Crippen LogP contribution in [0.25, 0.3) is 16.6 Å². The summed E-state index contributed by atoms with van der Waals surface area (Å²) >= 11 is 0. The Morgan fingerprint density at radius 3 is 2.52 bits per heavy atom. The minimum absolute atomic E-state index is 0.174. The van der Waals surface area contributed by atoms with Gasteiger partial charge in [-0.05, 0) is 53.4 Å². The van der Waals surface area contributed by atoms with E-state index in [1.165, 1.54) is 12.1 Å². The number of fused-ring (bicyclic) bond motifs is 1. The van der Waals surface area contributed by atoms with Crippen LogP contribution in [0.5, 0.6) is 0 Å². The van der Waals surface area contributed by atoms with Gasteiger partial charge in [0.25, 0.3) is 5.56 Å². The Kier molecular flexibility index (Phi) is 5.61. The number of rotatable bonds is 7. The summed E-state index contributed by atoms with van der Waals surface area (Å²) in [5.74, 6) is 1.14. The summed E-state index contributed by atoms with van der Waals surface area (Å²) in [6, 6.07) is 13.6. The molecule has 160 valence electrons. The van der Waals surface area contributed by atoms with Crippen molar-refractivity contribution in [1.29, 1.82) is 0 Å². The Bertz CT molecular complexity index is 1380. The predicted octanol–water partition coefficient (Wildman–Crippen LogP) is 1.32. The zero-order chi connectivity index (χ0) is 22.0. The summed E-state index contributed by atoms with van der Waals surface area (Å²) in [5, 5.41) is 12.5. The zero-order valence-corrected chi connectivity index (χ0v) is 17.9. The molecule has 0 bridgehead atoms. The number of para-hydroxylation sites is 1. The SMILES string of the molecule is CCN(Cc1nc2ccccc2c(=O)[nH]1)Cc1nnnn1-c1ccc(S(C)(=O)=O)cc1. The van der Waals surface area contributed by atoms with Gasteiger partial charge in [-0.3, -0.25) is 9.69 Å². The normalized spacial score (nSPS) is 12.0. The summed E-state index contributed by atoms with van der Waals surface area (Å²) in [7, 11) is -3.28. The van der Waals surface area contributed by atoms with E-state index in [2.05, 4.69) is 25.5 Å². The third-order valence-corrected chi connectivity index (χ3v) is 6.02. The van der Waals surface area contributed by atoms with Gasteiger partial charge in [-0.2, -0.15) is 4.68 Å². The number of sulfone groups is 1. The van der Waals surface area contributed by atoms with Crippen LogP contribution in [0.4, 0.5) is 0 Å². The van der Waals surface area contributed by atoms with Crippen molar-refractivity contribution < 1.29 is 8.42 Å². The first-order valence-electron chi connectivity index (χ1n) is 9.63. The van der Waals surface area contributed by atoms with E-state index in [9.17, 15) is 13.2 Å². The van der Waals surface area contributed by atoms with Crippen molar-refractivity contribution >= 4 is 20.7 Å². The first-order chi connectivity index (χ1) is 14.8. The van der Waals surface area contributed by atoms with Gasteiger partial charge < -0.3 is 4.98 Å². The average Bonchev–Trinajstić information content (AvgIpc) is 3.21. The van der Waals surface area contributed by atoms with Crippen molar-refractivity contribution in [3.05, 3.63) is 70.5 Å². The third kappa shape index (κ3) is 4.52.